The van der Waals surface area contributed by atoms with Crippen molar-refractivity contribution in [3.63, 3.8) is 0 Å². The maximum atomic E-state index is 15.1. The van der Waals surface area contributed by atoms with Crippen LogP contribution >= 0.6 is 0 Å². The summed E-state index contributed by atoms with van der Waals surface area (Å²) in [5.74, 6) is -1.93. The Balaban J connectivity index is 1.00. The molecule has 4 fully saturated rings. The van der Waals surface area contributed by atoms with Gasteiger partial charge in [-0.15, -0.1) is 0 Å². The van der Waals surface area contributed by atoms with E-state index in [9.17, 15) is 29.6 Å². The zero-order valence-corrected chi connectivity index (χ0v) is 27.5. The number of carbonyl (C=O) groups excluding carboxylic acids is 1. The molecular weight excluding hydrogens is 664 g/mol. The Hall–Kier alpha value is -3.74. The number of aliphatic hydroxyl groups is 4. The number of fused-ring (bicyclic) bond motifs is 1. The molecule has 0 bridgehead atoms. The fourth-order valence-electron chi connectivity index (χ4n) is 6.43. The molecule has 6 rings (SSSR count). The number of benzene rings is 2. The minimum absolute atomic E-state index is 0.00752. The van der Waals surface area contributed by atoms with E-state index in [2.05, 4.69) is 10.5 Å². The third-order valence-corrected chi connectivity index (χ3v) is 9.15. The zero-order valence-electron chi connectivity index (χ0n) is 27.5. The van der Waals surface area contributed by atoms with Gasteiger partial charge in [-0.3, -0.25) is 4.79 Å². The summed E-state index contributed by atoms with van der Waals surface area (Å²) in [6.45, 7) is 5.22. The van der Waals surface area contributed by atoms with Gasteiger partial charge in [0.25, 0.3) is 0 Å². The van der Waals surface area contributed by atoms with Crippen molar-refractivity contribution in [2.45, 2.75) is 81.9 Å². The summed E-state index contributed by atoms with van der Waals surface area (Å²) in [7, 11) is 0. The first-order valence-corrected chi connectivity index (χ1v) is 16.3. The lowest BCUT2D eigenvalue weighted by Crippen LogP contribution is -2.67. The lowest BCUT2D eigenvalue weighted by Gasteiger charge is -2.41. The van der Waals surface area contributed by atoms with E-state index in [1.165, 1.54) is 31.2 Å². The van der Waals surface area contributed by atoms with Gasteiger partial charge in [0.05, 0.1) is 36.8 Å². The minimum Gasteiger partial charge on any atom is -0.462 e. The largest absolute Gasteiger partial charge is 0.462 e. The molecular formula is C34H41F2N3O11. The summed E-state index contributed by atoms with van der Waals surface area (Å²) in [5.41, 5.74) is 1.84. The first-order valence-electron chi connectivity index (χ1n) is 16.3. The third kappa shape index (κ3) is 7.92. The predicted molar refractivity (Wildman–Crippen MR) is 172 cm³/mol. The summed E-state index contributed by atoms with van der Waals surface area (Å²) >= 11 is 0. The van der Waals surface area contributed by atoms with Gasteiger partial charge in [0, 0.05) is 25.1 Å². The van der Waals surface area contributed by atoms with Crippen molar-refractivity contribution >= 4 is 23.4 Å². The molecule has 0 spiro atoms. The van der Waals surface area contributed by atoms with Crippen molar-refractivity contribution in [1.82, 2.24) is 5.32 Å². The molecule has 16 heteroatoms. The van der Waals surface area contributed by atoms with E-state index in [-0.39, 0.29) is 37.0 Å². The maximum Gasteiger partial charge on any atom is 0.247 e. The number of rotatable bonds is 10. The van der Waals surface area contributed by atoms with Crippen molar-refractivity contribution in [2.75, 3.05) is 38.0 Å². The summed E-state index contributed by atoms with van der Waals surface area (Å²) < 4.78 is 57.1. The second-order valence-electron chi connectivity index (χ2n) is 12.7. The standard InChI is InChI=1S/C34H41F2N3O11/c1-17(34(44)37-27-28(41)30(43)33-32(29(27)42)46-16-47-33)11-19-4-6-25(22(36)12-19)49-26-14-24(40)31(50-26)18(2)38-48-15-20-3-5-23(21(35)13-20)39-7-9-45-10-8-39/h3-6,11-13,24,26-33,40-43H,7-10,14-16H2,1-2H3,(H,37,44)/b17-11+,38-18-/t24-,26+,27+,28?,29+,30?,31+,32-,33?/m0/s1. The second kappa shape index (κ2) is 15.7. The number of hydrogen-bond donors (Lipinski definition) is 5. The van der Waals surface area contributed by atoms with E-state index in [0.29, 0.717) is 48.8 Å². The Kier molecular flexibility index (Phi) is 11.3. The van der Waals surface area contributed by atoms with Crippen molar-refractivity contribution < 1.29 is 62.5 Å². The molecule has 14 nitrogen and oxygen atoms in total. The monoisotopic (exact) mass is 705 g/mol. The lowest BCUT2D eigenvalue weighted by atomic mass is 9.83. The number of nitrogens with one attached hydrogen (secondary N) is 1. The van der Waals surface area contributed by atoms with Crippen LogP contribution in [0.5, 0.6) is 5.75 Å². The number of nitrogens with zero attached hydrogens (tertiary/aromatic N) is 2. The highest BCUT2D eigenvalue weighted by atomic mass is 19.1. The van der Waals surface area contributed by atoms with Gasteiger partial charge in [-0.25, -0.2) is 8.78 Å². The second-order valence-corrected chi connectivity index (χ2v) is 12.7. The predicted octanol–water partition coefficient (Wildman–Crippen LogP) is 0.975. The number of halogens is 2. The molecule has 9 atom stereocenters. The number of carbonyl (C=O) groups is 1. The number of ether oxygens (including phenoxy) is 5. The van der Waals surface area contributed by atoms with Crippen LogP contribution in [0.25, 0.3) is 6.08 Å². The Morgan fingerprint density at radius 2 is 1.74 bits per heavy atom. The first kappa shape index (κ1) is 36.1. The van der Waals surface area contributed by atoms with Crippen LogP contribution in [-0.4, -0.2) is 120 Å². The van der Waals surface area contributed by atoms with Crippen molar-refractivity contribution in [3.8, 4) is 5.75 Å². The van der Waals surface area contributed by atoms with E-state index in [1.54, 1.807) is 19.1 Å². The summed E-state index contributed by atoms with van der Waals surface area (Å²) in [6, 6.07) is 7.62. The molecule has 5 N–H and O–H groups in total. The van der Waals surface area contributed by atoms with Crippen molar-refractivity contribution in [3.05, 3.63) is 64.7 Å². The van der Waals surface area contributed by atoms with Gasteiger partial charge < -0.3 is 59.2 Å². The third-order valence-electron chi connectivity index (χ3n) is 9.15. The normalized spacial score (nSPS) is 31.8. The topological polar surface area (TPSA) is 181 Å². The highest BCUT2D eigenvalue weighted by Gasteiger charge is 2.53. The van der Waals surface area contributed by atoms with Gasteiger partial charge in [-0.2, -0.15) is 0 Å². The molecule has 0 radical (unpaired) electrons. The van der Waals surface area contributed by atoms with Gasteiger partial charge in [-0.05, 0) is 55.3 Å². The molecule has 0 aromatic heterocycles. The Morgan fingerprint density at radius 1 is 1.00 bits per heavy atom. The van der Waals surface area contributed by atoms with Gasteiger partial charge in [0.15, 0.2) is 11.6 Å². The van der Waals surface area contributed by atoms with Crippen LogP contribution in [-0.2, 0) is 35.2 Å². The molecule has 2 aromatic rings. The number of anilines is 1. The zero-order chi connectivity index (χ0) is 35.5. The summed E-state index contributed by atoms with van der Waals surface area (Å²) in [4.78, 5) is 20.2. The molecule has 1 saturated carbocycles. The SMILES string of the molecule is C/C(=N/OCc1ccc(N2CCOCC2)c(F)c1)[C@H]1O[C@@H](Oc2ccc(/C=C(\C)C(=O)N[C@@H]3C(O)C(O)C4OCO[C@H]4[C@@H]3O)cc2F)C[C@@H]1O. The molecule has 272 valence electrons. The van der Waals surface area contributed by atoms with Crippen LogP contribution < -0.4 is 15.0 Å². The van der Waals surface area contributed by atoms with Crippen LogP contribution in [0.15, 0.2) is 47.1 Å². The highest BCUT2D eigenvalue weighted by Crippen LogP contribution is 2.31. The summed E-state index contributed by atoms with van der Waals surface area (Å²) in [5, 5.41) is 48.5. The van der Waals surface area contributed by atoms with Gasteiger partial charge in [-0.1, -0.05) is 17.3 Å². The Bertz CT molecular complexity index is 1590. The van der Waals surface area contributed by atoms with E-state index in [4.69, 9.17) is 28.5 Å². The smallest absolute Gasteiger partial charge is 0.247 e. The fourth-order valence-corrected chi connectivity index (χ4v) is 6.43. The van der Waals surface area contributed by atoms with Gasteiger partial charge >= 0.3 is 0 Å². The van der Waals surface area contributed by atoms with Crippen LogP contribution in [0, 0.1) is 11.6 Å². The molecule has 3 saturated heterocycles. The maximum absolute atomic E-state index is 15.1. The first-order chi connectivity index (χ1) is 24.0. The van der Waals surface area contributed by atoms with Gasteiger partial charge in [0.2, 0.25) is 12.2 Å². The number of amides is 1. The van der Waals surface area contributed by atoms with E-state index >= 15 is 4.39 Å². The van der Waals surface area contributed by atoms with E-state index < -0.39 is 66.8 Å². The van der Waals surface area contributed by atoms with E-state index in [0.717, 1.165) is 6.07 Å². The molecule has 3 aliphatic heterocycles. The molecule has 2 aromatic carbocycles. The number of oxime groups is 1. The van der Waals surface area contributed by atoms with Crippen LogP contribution in [0.2, 0.25) is 0 Å². The number of morpholine rings is 1. The van der Waals surface area contributed by atoms with Gasteiger partial charge in [0.1, 0.15) is 55.8 Å². The number of hydrogen-bond acceptors (Lipinski definition) is 13. The molecule has 1 aliphatic carbocycles. The lowest BCUT2D eigenvalue weighted by molar-refractivity contribution is -0.155. The molecule has 3 unspecified atom stereocenters. The van der Waals surface area contributed by atoms with Crippen molar-refractivity contribution in [2.24, 2.45) is 5.16 Å². The minimum atomic E-state index is -1.51. The highest BCUT2D eigenvalue weighted by molar-refractivity contribution is 5.97. The van der Waals surface area contributed by atoms with Crippen molar-refractivity contribution in [1.29, 1.82) is 0 Å². The molecule has 3 heterocycles. The van der Waals surface area contributed by atoms with Crippen LogP contribution in [0.1, 0.15) is 31.4 Å². The quantitative estimate of drug-likeness (QED) is 0.135. The average molecular weight is 706 g/mol. The Morgan fingerprint density at radius 3 is 2.46 bits per heavy atom. The fraction of sp³-hybridized carbons (Fsp3) is 0.529. The average Bonchev–Trinajstić information content (AvgIpc) is 3.74. The van der Waals surface area contributed by atoms with Crippen LogP contribution in [0.4, 0.5) is 14.5 Å². The van der Waals surface area contributed by atoms with Crippen LogP contribution in [0.3, 0.4) is 0 Å². The number of aliphatic hydroxyl groups excluding tert-OH is 4. The molecule has 1 amide bonds. The summed E-state index contributed by atoms with van der Waals surface area (Å²) in [6.07, 6.45) is -7.52. The Labute approximate surface area is 286 Å². The molecule has 50 heavy (non-hydrogen) atoms. The van der Waals surface area contributed by atoms with E-state index in [1.807, 2.05) is 4.90 Å². The molecule has 4 aliphatic rings.